The van der Waals surface area contributed by atoms with E-state index in [2.05, 4.69) is 23.9 Å². The highest BCUT2D eigenvalue weighted by Crippen LogP contribution is 2.25. The predicted octanol–water partition coefficient (Wildman–Crippen LogP) is -0.126. The van der Waals surface area contributed by atoms with Crippen molar-refractivity contribution in [3.05, 3.63) is 0 Å². The summed E-state index contributed by atoms with van der Waals surface area (Å²) in [7, 11) is 5.74. The maximum atomic E-state index is 12.3. The molecule has 1 N–H and O–H groups in total. The van der Waals surface area contributed by atoms with Gasteiger partial charge in [-0.2, -0.15) is 0 Å². The summed E-state index contributed by atoms with van der Waals surface area (Å²) in [6.45, 7) is 4.38. The number of aliphatic hydroxyl groups is 1. The SMILES string of the molecule is COC(C)N1C[C@@H](OC(=O)CCN(C)C2CCN(C)CC2)C[C@H]1C(=O)OCO. The van der Waals surface area contributed by atoms with Crippen LogP contribution in [0.5, 0.6) is 0 Å². The molecule has 0 saturated carbocycles. The van der Waals surface area contributed by atoms with Crippen LogP contribution < -0.4 is 0 Å². The summed E-state index contributed by atoms with van der Waals surface area (Å²) in [4.78, 5) is 30.8. The van der Waals surface area contributed by atoms with Crippen LogP contribution in [0.1, 0.15) is 32.6 Å². The maximum Gasteiger partial charge on any atom is 0.325 e. The van der Waals surface area contributed by atoms with E-state index in [1.165, 1.54) is 0 Å². The Hall–Kier alpha value is -1.26. The van der Waals surface area contributed by atoms with E-state index in [-0.39, 0.29) is 12.2 Å². The summed E-state index contributed by atoms with van der Waals surface area (Å²) in [5, 5.41) is 8.85. The summed E-state index contributed by atoms with van der Waals surface area (Å²) >= 11 is 0. The van der Waals surface area contributed by atoms with Gasteiger partial charge < -0.3 is 29.1 Å². The molecule has 0 bridgehead atoms. The third kappa shape index (κ3) is 6.38. The van der Waals surface area contributed by atoms with E-state index in [0.29, 0.717) is 32.0 Å². The van der Waals surface area contributed by atoms with Gasteiger partial charge in [-0.05, 0) is 47.0 Å². The Morgan fingerprint density at radius 2 is 1.96 bits per heavy atom. The number of esters is 2. The van der Waals surface area contributed by atoms with Crippen molar-refractivity contribution in [2.45, 2.75) is 57.0 Å². The van der Waals surface area contributed by atoms with Crippen LogP contribution in [0, 0.1) is 0 Å². The molecule has 0 spiro atoms. The number of hydrogen-bond donors (Lipinski definition) is 1. The molecule has 0 aromatic carbocycles. The highest BCUT2D eigenvalue weighted by atomic mass is 16.6. The van der Waals surface area contributed by atoms with E-state index in [4.69, 9.17) is 19.3 Å². The van der Waals surface area contributed by atoms with E-state index in [1.807, 2.05) is 6.92 Å². The van der Waals surface area contributed by atoms with E-state index < -0.39 is 24.9 Å². The van der Waals surface area contributed by atoms with Gasteiger partial charge in [0.1, 0.15) is 18.4 Å². The normalized spacial score (nSPS) is 25.8. The van der Waals surface area contributed by atoms with Gasteiger partial charge in [0.15, 0.2) is 6.79 Å². The van der Waals surface area contributed by atoms with Gasteiger partial charge in [-0.25, -0.2) is 0 Å². The number of carbonyl (C=O) groups excluding carboxylic acids is 2. The zero-order chi connectivity index (χ0) is 20.7. The summed E-state index contributed by atoms with van der Waals surface area (Å²) in [5.74, 6) is -0.794. The quantitative estimate of drug-likeness (QED) is 0.419. The second-order valence-electron chi connectivity index (χ2n) is 7.75. The highest BCUT2D eigenvalue weighted by molar-refractivity contribution is 5.76. The molecule has 2 saturated heterocycles. The smallest absolute Gasteiger partial charge is 0.325 e. The zero-order valence-corrected chi connectivity index (χ0v) is 17.5. The third-order valence-electron chi connectivity index (χ3n) is 5.87. The molecule has 0 aromatic heterocycles. The van der Waals surface area contributed by atoms with Crippen LogP contribution in [0.4, 0.5) is 0 Å². The average molecular weight is 402 g/mol. The Kier molecular flexibility index (Phi) is 9.10. The molecule has 1 unspecified atom stereocenters. The predicted molar refractivity (Wildman–Crippen MR) is 102 cm³/mol. The fourth-order valence-electron chi connectivity index (χ4n) is 3.97. The van der Waals surface area contributed by atoms with E-state index >= 15 is 0 Å². The summed E-state index contributed by atoms with van der Waals surface area (Å²) in [6, 6.07) is -0.0899. The van der Waals surface area contributed by atoms with E-state index in [1.54, 1.807) is 12.0 Å². The zero-order valence-electron chi connectivity index (χ0n) is 17.5. The van der Waals surface area contributed by atoms with Crippen molar-refractivity contribution in [1.29, 1.82) is 0 Å². The fraction of sp³-hybridized carbons (Fsp3) is 0.895. The van der Waals surface area contributed by atoms with Gasteiger partial charge in [0.05, 0.1) is 6.42 Å². The molecular formula is C19H35N3O6. The summed E-state index contributed by atoms with van der Waals surface area (Å²) in [6.07, 6.45) is 2.17. The Balaban J connectivity index is 1.80. The first-order valence-corrected chi connectivity index (χ1v) is 10.00. The number of likely N-dealkylation sites (tertiary alicyclic amines) is 2. The molecule has 0 amide bonds. The van der Waals surface area contributed by atoms with E-state index in [0.717, 1.165) is 25.9 Å². The number of ether oxygens (including phenoxy) is 3. The first-order valence-electron chi connectivity index (χ1n) is 10.00. The molecule has 0 aromatic rings. The lowest BCUT2D eigenvalue weighted by Gasteiger charge is -2.35. The number of rotatable bonds is 9. The van der Waals surface area contributed by atoms with Gasteiger partial charge in [-0.1, -0.05) is 0 Å². The van der Waals surface area contributed by atoms with Crippen LogP contribution in [0.15, 0.2) is 0 Å². The molecule has 0 aliphatic carbocycles. The minimum absolute atomic E-state index is 0.258. The molecule has 2 aliphatic heterocycles. The van der Waals surface area contributed by atoms with Gasteiger partial charge in [-0.15, -0.1) is 0 Å². The number of piperidine rings is 1. The molecule has 2 heterocycles. The molecule has 2 rings (SSSR count). The second kappa shape index (κ2) is 11.1. The van der Waals surface area contributed by atoms with Crippen LogP contribution in [0.25, 0.3) is 0 Å². The number of hydrogen-bond acceptors (Lipinski definition) is 9. The van der Waals surface area contributed by atoms with Gasteiger partial charge >= 0.3 is 11.9 Å². The molecule has 2 aliphatic rings. The van der Waals surface area contributed by atoms with Crippen LogP contribution >= 0.6 is 0 Å². The standard InChI is InChI=1S/C19H35N3O6/c1-14(26-4)22-12-16(11-17(22)19(25)27-13-23)28-18(24)7-10-21(3)15-5-8-20(2)9-6-15/h14-17,23H,5-13H2,1-4H3/t14?,16-,17-/m0/s1. The fourth-order valence-corrected chi connectivity index (χ4v) is 3.97. The van der Waals surface area contributed by atoms with E-state index in [9.17, 15) is 9.59 Å². The van der Waals surface area contributed by atoms with Crippen LogP contribution in [-0.2, 0) is 23.8 Å². The molecule has 9 nitrogen and oxygen atoms in total. The first kappa shape index (κ1) is 23.0. The summed E-state index contributed by atoms with van der Waals surface area (Å²) in [5.41, 5.74) is 0. The number of methoxy groups -OCH3 is 1. The van der Waals surface area contributed by atoms with Gasteiger partial charge in [-0.3, -0.25) is 14.5 Å². The summed E-state index contributed by atoms with van der Waals surface area (Å²) < 4.78 is 15.6. The number of aliphatic hydroxyl groups excluding tert-OH is 1. The van der Waals surface area contributed by atoms with Crippen molar-refractivity contribution in [3.8, 4) is 0 Å². The lowest BCUT2D eigenvalue weighted by atomic mass is 10.0. The number of nitrogens with zero attached hydrogens (tertiary/aromatic N) is 3. The van der Waals surface area contributed by atoms with Gasteiger partial charge in [0, 0.05) is 32.7 Å². The van der Waals surface area contributed by atoms with Crippen LogP contribution in [0.2, 0.25) is 0 Å². The Morgan fingerprint density at radius 1 is 1.29 bits per heavy atom. The molecule has 28 heavy (non-hydrogen) atoms. The minimum Gasteiger partial charge on any atom is -0.461 e. The largest absolute Gasteiger partial charge is 0.461 e. The molecular weight excluding hydrogens is 366 g/mol. The molecule has 3 atom stereocenters. The topological polar surface area (TPSA) is 91.8 Å². The van der Waals surface area contributed by atoms with Gasteiger partial charge in [0.25, 0.3) is 0 Å². The van der Waals surface area contributed by atoms with Gasteiger partial charge in [0.2, 0.25) is 0 Å². The average Bonchev–Trinajstić information content (AvgIpc) is 3.10. The molecule has 2 fully saturated rings. The molecule has 0 radical (unpaired) electrons. The number of carbonyl (C=O) groups is 2. The lowest BCUT2D eigenvalue weighted by molar-refractivity contribution is -0.161. The second-order valence-corrected chi connectivity index (χ2v) is 7.75. The lowest BCUT2D eigenvalue weighted by Crippen LogP contribution is -2.43. The Morgan fingerprint density at radius 3 is 2.57 bits per heavy atom. The van der Waals surface area contributed by atoms with Crippen molar-refractivity contribution in [1.82, 2.24) is 14.7 Å². The Labute approximate surface area is 167 Å². The Bertz CT molecular complexity index is 512. The third-order valence-corrected chi connectivity index (χ3v) is 5.87. The highest BCUT2D eigenvalue weighted by Gasteiger charge is 2.42. The molecule has 9 heteroatoms. The van der Waals surface area contributed by atoms with Crippen molar-refractivity contribution < 1.29 is 28.9 Å². The first-order chi connectivity index (χ1) is 13.3. The van der Waals surface area contributed by atoms with Crippen molar-refractivity contribution >= 4 is 11.9 Å². The van der Waals surface area contributed by atoms with Crippen molar-refractivity contribution in [2.75, 3.05) is 54.2 Å². The monoisotopic (exact) mass is 401 g/mol. The molecule has 162 valence electrons. The minimum atomic E-state index is -0.668. The maximum absolute atomic E-state index is 12.3. The van der Waals surface area contributed by atoms with Crippen LogP contribution in [-0.4, -0.2) is 110 Å². The van der Waals surface area contributed by atoms with Crippen molar-refractivity contribution in [3.63, 3.8) is 0 Å². The van der Waals surface area contributed by atoms with Crippen molar-refractivity contribution in [2.24, 2.45) is 0 Å². The van der Waals surface area contributed by atoms with Crippen LogP contribution in [0.3, 0.4) is 0 Å².